The van der Waals surface area contributed by atoms with Gasteiger partial charge in [-0.3, -0.25) is 0 Å². The van der Waals surface area contributed by atoms with Gasteiger partial charge in [-0.05, 0) is 0 Å². The number of amides is 2. The number of ether oxygens (including phenoxy) is 1. The Morgan fingerprint density at radius 2 is 1.66 bits per heavy atom. The van der Waals surface area contributed by atoms with Crippen LogP contribution in [0.1, 0.15) is 39.9 Å². The van der Waals surface area contributed by atoms with E-state index in [4.69, 9.17) is 9.57 Å². The van der Waals surface area contributed by atoms with Crippen LogP contribution in [0.4, 0.5) is 0 Å². The van der Waals surface area contributed by atoms with Crippen LogP contribution < -0.4 is 9.13 Å². The van der Waals surface area contributed by atoms with Crippen LogP contribution in [0.25, 0.3) is 5.57 Å². The van der Waals surface area contributed by atoms with Crippen LogP contribution >= 0.6 is 0 Å². The number of carbonyl (C=O) groups is 3. The maximum atomic E-state index is 12.8. The first-order chi connectivity index (χ1) is 18.0. The molecule has 1 fully saturated rings. The minimum atomic E-state index is -2.71. The van der Waals surface area contributed by atoms with Crippen molar-refractivity contribution < 1.29 is 28.5 Å². The molecule has 2 amide bonds. The number of fused-ring (bicyclic) bond motifs is 2. The molecular weight excluding hydrogens is 541 g/mol. The third-order valence-corrected chi connectivity index (χ3v) is 14.9. The van der Waals surface area contributed by atoms with Gasteiger partial charge in [-0.25, -0.2) is 0 Å². The van der Waals surface area contributed by atoms with Gasteiger partial charge in [0.1, 0.15) is 0 Å². The Balaban J connectivity index is 1.64. The van der Waals surface area contributed by atoms with Gasteiger partial charge in [0.25, 0.3) is 0 Å². The van der Waals surface area contributed by atoms with Crippen LogP contribution in [0, 0.1) is 6.92 Å². The van der Waals surface area contributed by atoms with Gasteiger partial charge in [0, 0.05) is 0 Å². The molecule has 0 atom stereocenters. The Morgan fingerprint density at radius 3 is 2.29 bits per heavy atom. The summed E-state index contributed by atoms with van der Waals surface area (Å²) in [5.74, 6) is 3.95. The molecule has 1 aliphatic carbocycles. The number of methoxy groups -OCH3 is 1. The molecule has 0 spiro atoms. The first kappa shape index (κ1) is 25.9. The first-order valence-electron chi connectivity index (χ1n) is 12.6. The van der Waals surface area contributed by atoms with E-state index < -0.39 is 31.0 Å². The zero-order valence-corrected chi connectivity index (χ0v) is 24.6. The summed E-state index contributed by atoms with van der Waals surface area (Å²) in [6, 6.07) is 11.7. The van der Waals surface area contributed by atoms with Crippen LogP contribution in [-0.2, 0) is 14.4 Å². The molecule has 2 heterocycles. The van der Waals surface area contributed by atoms with E-state index in [1.807, 2.05) is 19.1 Å². The first-order valence-corrected chi connectivity index (χ1v) is 18.9. The minimum absolute atomic E-state index is 0.0579. The molecule has 0 radical (unpaired) electrons. The van der Waals surface area contributed by atoms with Gasteiger partial charge in [-0.1, -0.05) is 0 Å². The Bertz CT molecular complexity index is 1520. The predicted octanol–water partition coefficient (Wildman–Crippen LogP) is 3.70. The Kier molecular flexibility index (Phi) is 6.51. The normalized spacial score (nSPS) is 17.8. The number of rotatable bonds is 4. The summed E-state index contributed by atoms with van der Waals surface area (Å²) < 4.78 is 10.5. The molecule has 8 heteroatoms. The van der Waals surface area contributed by atoms with Crippen molar-refractivity contribution in [3.05, 3.63) is 86.9 Å². The number of benzene rings is 2. The summed E-state index contributed by atoms with van der Waals surface area (Å²) in [5.41, 5.74) is 6.87. The number of hydrogen-bond acceptors (Lipinski definition) is 5. The van der Waals surface area contributed by atoms with E-state index in [1.165, 1.54) is 19.9 Å². The number of hydroxylamine groups is 2. The van der Waals surface area contributed by atoms with E-state index >= 15 is 0 Å². The zero-order chi connectivity index (χ0) is 27.4. The third-order valence-electron chi connectivity index (χ3n) is 7.54. The predicted molar refractivity (Wildman–Crippen MR) is 148 cm³/mol. The van der Waals surface area contributed by atoms with Crippen LogP contribution in [0.15, 0.2) is 64.6 Å². The van der Waals surface area contributed by atoms with Crippen LogP contribution in [-0.4, -0.2) is 67.6 Å². The quantitative estimate of drug-likeness (QED) is 0.318. The van der Waals surface area contributed by atoms with Crippen molar-refractivity contribution >= 4 is 46.7 Å². The Labute approximate surface area is 225 Å². The van der Waals surface area contributed by atoms with Crippen molar-refractivity contribution in [1.29, 1.82) is 0 Å². The summed E-state index contributed by atoms with van der Waals surface area (Å²) in [4.78, 5) is 41.7. The third kappa shape index (κ3) is 4.24. The van der Waals surface area contributed by atoms with Crippen molar-refractivity contribution in [2.45, 2.75) is 31.3 Å². The van der Waals surface area contributed by atoms with E-state index in [9.17, 15) is 14.4 Å². The SMILES string of the molecule is COc1ccc2[c](c1)[Ge]([CH3])([CH3])[C]1=CC(=[N+](C)C)C=CC1=C2c1ccc(C(=O)ON2C(=O)CCC2=O)cc1C. The fourth-order valence-electron chi connectivity index (χ4n) is 5.38. The fraction of sp³-hybridized carbons (Fsp3) is 0.267. The van der Waals surface area contributed by atoms with Gasteiger partial charge in [-0.2, -0.15) is 0 Å². The monoisotopic (exact) mass is 573 g/mol. The molecule has 0 saturated carbocycles. The number of allylic oxidation sites excluding steroid dienone is 5. The van der Waals surface area contributed by atoms with E-state index in [2.05, 4.69) is 60.5 Å². The van der Waals surface area contributed by atoms with Crippen LogP contribution in [0.2, 0.25) is 11.5 Å². The number of nitrogens with zero attached hydrogens (tertiary/aromatic N) is 2. The number of carbonyl (C=O) groups excluding carboxylic acids is 3. The molecule has 38 heavy (non-hydrogen) atoms. The van der Waals surface area contributed by atoms with Gasteiger partial charge < -0.3 is 0 Å². The van der Waals surface area contributed by atoms with Crippen molar-refractivity contribution in [3.63, 3.8) is 0 Å². The zero-order valence-electron chi connectivity index (χ0n) is 22.5. The standard InChI is InChI=1S/C30H31GeN2O5/c1-18-15-19(30(36)38-33-27(34)13-14-28(33)35)7-10-22(18)29-23-11-8-20(32(4)5)16-25(23)31(2,3)26-17-21(37-6)9-12-24(26)29/h7-12,15-17H,13-14H2,1-6H3/q+1. The van der Waals surface area contributed by atoms with E-state index in [1.54, 1.807) is 19.2 Å². The van der Waals surface area contributed by atoms with Crippen molar-refractivity contribution in [2.24, 2.45) is 0 Å². The summed E-state index contributed by atoms with van der Waals surface area (Å²) in [6.07, 6.45) is 6.80. The number of imide groups is 1. The molecule has 0 bridgehead atoms. The second-order valence-corrected chi connectivity index (χ2v) is 19.6. The molecule has 5 rings (SSSR count). The van der Waals surface area contributed by atoms with Gasteiger partial charge in [0.15, 0.2) is 0 Å². The maximum absolute atomic E-state index is 12.8. The Morgan fingerprint density at radius 1 is 0.974 bits per heavy atom. The molecule has 2 aromatic carbocycles. The second-order valence-electron chi connectivity index (χ2n) is 10.5. The van der Waals surface area contributed by atoms with E-state index in [0.29, 0.717) is 5.06 Å². The number of hydrogen-bond donors (Lipinski definition) is 0. The molecule has 2 aliphatic heterocycles. The van der Waals surface area contributed by atoms with Gasteiger partial charge in [-0.15, -0.1) is 0 Å². The molecule has 194 valence electrons. The summed E-state index contributed by atoms with van der Waals surface area (Å²) >= 11 is -2.71. The molecule has 0 N–H and O–H groups in total. The molecule has 3 aliphatic rings. The second kappa shape index (κ2) is 9.55. The molecule has 1 saturated heterocycles. The van der Waals surface area contributed by atoms with E-state index in [0.717, 1.165) is 28.2 Å². The van der Waals surface area contributed by atoms with Crippen molar-refractivity contribution in [1.82, 2.24) is 5.06 Å². The van der Waals surface area contributed by atoms with Crippen molar-refractivity contribution in [3.8, 4) is 5.75 Å². The molecule has 7 nitrogen and oxygen atoms in total. The van der Waals surface area contributed by atoms with Gasteiger partial charge in [0.05, 0.1) is 0 Å². The number of aryl methyl sites for hydroxylation is 1. The van der Waals surface area contributed by atoms with Crippen LogP contribution in [0.3, 0.4) is 0 Å². The molecular formula is C30H31GeN2O5+. The average Bonchev–Trinajstić information content (AvgIpc) is 3.21. The van der Waals surface area contributed by atoms with Crippen molar-refractivity contribution in [2.75, 3.05) is 21.2 Å². The molecule has 0 unspecified atom stereocenters. The fourth-order valence-corrected chi connectivity index (χ4v) is 11.8. The van der Waals surface area contributed by atoms with Gasteiger partial charge >= 0.3 is 225 Å². The average molecular weight is 572 g/mol. The van der Waals surface area contributed by atoms with Crippen LogP contribution in [0.5, 0.6) is 5.75 Å². The Hall–Kier alpha value is -3.72. The summed E-state index contributed by atoms with van der Waals surface area (Å²) in [5, 5.41) is 0.581. The van der Waals surface area contributed by atoms with E-state index in [-0.39, 0.29) is 18.4 Å². The summed E-state index contributed by atoms with van der Waals surface area (Å²) in [7, 11) is 5.80. The molecule has 2 aromatic rings. The topological polar surface area (TPSA) is 75.9 Å². The molecule has 0 aromatic heterocycles. The summed E-state index contributed by atoms with van der Waals surface area (Å²) in [6.45, 7) is 1.96. The van der Waals surface area contributed by atoms with Gasteiger partial charge in [0.2, 0.25) is 0 Å².